The average Bonchev–Trinajstić information content (AvgIpc) is 2.43. The zero-order valence-electron chi connectivity index (χ0n) is 12.9. The molecular weight excluding hydrogens is 266 g/mol. The van der Waals surface area contributed by atoms with E-state index in [0.717, 1.165) is 11.9 Å². The van der Waals surface area contributed by atoms with Gasteiger partial charge in [0.15, 0.2) is 0 Å². The summed E-state index contributed by atoms with van der Waals surface area (Å²) in [7, 11) is 0. The molecule has 0 radical (unpaired) electrons. The topological polar surface area (TPSA) is 66.3 Å². The van der Waals surface area contributed by atoms with E-state index in [4.69, 9.17) is 0 Å². The molecule has 0 aliphatic heterocycles. The number of hydrogen-bond donors (Lipinski definition) is 1. The molecule has 1 aromatic carbocycles. The van der Waals surface area contributed by atoms with Crippen LogP contribution in [0.25, 0.3) is 10.9 Å². The number of carbonyl (C=O) groups is 1. The molecule has 21 heavy (non-hydrogen) atoms. The maximum Gasteiger partial charge on any atom is 0.374 e. The van der Waals surface area contributed by atoms with Gasteiger partial charge in [0.05, 0.1) is 5.52 Å². The molecule has 5 heteroatoms. The summed E-state index contributed by atoms with van der Waals surface area (Å²) in [6.45, 7) is 9.25. The molecule has 0 bridgehead atoms. The van der Waals surface area contributed by atoms with Crippen molar-refractivity contribution in [2.75, 3.05) is 11.4 Å². The van der Waals surface area contributed by atoms with E-state index in [1.54, 1.807) is 0 Å². The molecular formula is C16H21N3O2. The number of aromatic nitrogens is 2. The number of rotatable bonds is 5. The zero-order chi connectivity index (χ0) is 15.6. The Balaban J connectivity index is 2.66. The smallest absolute Gasteiger partial charge is 0.374 e. The number of fused-ring (bicyclic) bond motifs is 1. The second-order valence-corrected chi connectivity index (χ2v) is 5.83. The van der Waals surface area contributed by atoms with Crippen LogP contribution in [0.5, 0.6) is 0 Å². The van der Waals surface area contributed by atoms with Crippen molar-refractivity contribution in [3.05, 3.63) is 30.1 Å². The molecule has 0 unspecified atom stereocenters. The SMILES string of the molecule is CC(C)CN(c1nc(C(=O)O)nc2ccccc12)C(C)C. The van der Waals surface area contributed by atoms with E-state index in [1.165, 1.54) is 0 Å². The number of carboxylic acids is 1. The van der Waals surface area contributed by atoms with Crippen molar-refractivity contribution in [3.8, 4) is 0 Å². The number of hydrogen-bond acceptors (Lipinski definition) is 4. The summed E-state index contributed by atoms with van der Waals surface area (Å²) in [5.41, 5.74) is 0.661. The minimum absolute atomic E-state index is 0.155. The van der Waals surface area contributed by atoms with E-state index in [2.05, 4.69) is 42.6 Å². The summed E-state index contributed by atoms with van der Waals surface area (Å²) in [4.78, 5) is 21.8. The molecule has 0 amide bonds. The molecule has 0 saturated carbocycles. The van der Waals surface area contributed by atoms with Gasteiger partial charge >= 0.3 is 5.97 Å². The Kier molecular flexibility index (Phi) is 4.40. The molecule has 0 atom stereocenters. The third-order valence-electron chi connectivity index (χ3n) is 3.23. The lowest BCUT2D eigenvalue weighted by atomic mass is 10.1. The fourth-order valence-corrected chi connectivity index (χ4v) is 2.31. The third kappa shape index (κ3) is 3.29. The Bertz CT molecular complexity index is 653. The maximum atomic E-state index is 11.3. The number of anilines is 1. The van der Waals surface area contributed by atoms with Gasteiger partial charge in [-0.3, -0.25) is 0 Å². The first-order chi connectivity index (χ1) is 9.90. The van der Waals surface area contributed by atoms with Crippen molar-refractivity contribution in [2.24, 2.45) is 5.92 Å². The van der Waals surface area contributed by atoms with Crippen LogP contribution in [0.2, 0.25) is 0 Å². The number of benzene rings is 1. The van der Waals surface area contributed by atoms with E-state index in [1.807, 2.05) is 24.3 Å². The van der Waals surface area contributed by atoms with Crippen LogP contribution < -0.4 is 4.90 Å². The highest BCUT2D eigenvalue weighted by Crippen LogP contribution is 2.26. The number of para-hydroxylation sites is 1. The van der Waals surface area contributed by atoms with Crippen molar-refractivity contribution >= 4 is 22.7 Å². The van der Waals surface area contributed by atoms with Crippen molar-refractivity contribution in [1.29, 1.82) is 0 Å². The maximum absolute atomic E-state index is 11.3. The summed E-state index contributed by atoms with van der Waals surface area (Å²) < 4.78 is 0. The highest BCUT2D eigenvalue weighted by Gasteiger charge is 2.20. The predicted octanol–water partition coefficient (Wildman–Crippen LogP) is 3.20. The zero-order valence-corrected chi connectivity index (χ0v) is 12.9. The van der Waals surface area contributed by atoms with Gasteiger partial charge in [0.1, 0.15) is 5.82 Å². The fraction of sp³-hybridized carbons (Fsp3) is 0.438. The molecule has 0 saturated heterocycles. The van der Waals surface area contributed by atoms with E-state index in [9.17, 15) is 9.90 Å². The van der Waals surface area contributed by atoms with E-state index >= 15 is 0 Å². The number of aromatic carboxylic acids is 1. The molecule has 2 aromatic rings. The lowest BCUT2D eigenvalue weighted by Crippen LogP contribution is -2.35. The molecule has 0 aliphatic rings. The molecule has 5 nitrogen and oxygen atoms in total. The van der Waals surface area contributed by atoms with Crippen LogP contribution in [0, 0.1) is 5.92 Å². The Morgan fingerprint density at radius 2 is 1.86 bits per heavy atom. The van der Waals surface area contributed by atoms with Crippen LogP contribution in [-0.2, 0) is 0 Å². The highest BCUT2D eigenvalue weighted by atomic mass is 16.4. The lowest BCUT2D eigenvalue weighted by Gasteiger charge is -2.30. The van der Waals surface area contributed by atoms with E-state index in [0.29, 0.717) is 17.3 Å². The van der Waals surface area contributed by atoms with Gasteiger partial charge in [-0.05, 0) is 31.9 Å². The van der Waals surface area contributed by atoms with Crippen molar-refractivity contribution in [1.82, 2.24) is 9.97 Å². The largest absolute Gasteiger partial charge is 0.475 e. The van der Waals surface area contributed by atoms with Crippen LogP contribution in [0.3, 0.4) is 0 Å². The van der Waals surface area contributed by atoms with Gasteiger partial charge in [0.2, 0.25) is 5.82 Å². The monoisotopic (exact) mass is 287 g/mol. The second kappa shape index (κ2) is 6.08. The fourth-order valence-electron chi connectivity index (χ4n) is 2.31. The van der Waals surface area contributed by atoms with Gasteiger partial charge in [-0.15, -0.1) is 0 Å². The molecule has 0 aliphatic carbocycles. The number of nitrogens with zero attached hydrogens (tertiary/aromatic N) is 3. The summed E-state index contributed by atoms with van der Waals surface area (Å²) in [5, 5.41) is 10.1. The Morgan fingerprint density at radius 3 is 2.43 bits per heavy atom. The molecule has 1 N–H and O–H groups in total. The Labute approximate surface area is 124 Å². The molecule has 1 heterocycles. The van der Waals surface area contributed by atoms with Gasteiger partial charge in [0, 0.05) is 18.0 Å². The third-order valence-corrected chi connectivity index (χ3v) is 3.23. The van der Waals surface area contributed by atoms with Crippen LogP contribution in [0.4, 0.5) is 5.82 Å². The molecule has 0 fully saturated rings. The Hall–Kier alpha value is -2.17. The van der Waals surface area contributed by atoms with Crippen molar-refractivity contribution in [3.63, 3.8) is 0 Å². The highest BCUT2D eigenvalue weighted by molar-refractivity contribution is 5.93. The summed E-state index contributed by atoms with van der Waals surface area (Å²) >= 11 is 0. The van der Waals surface area contributed by atoms with Crippen LogP contribution in [0.1, 0.15) is 38.3 Å². The van der Waals surface area contributed by atoms with Crippen molar-refractivity contribution in [2.45, 2.75) is 33.7 Å². The minimum Gasteiger partial charge on any atom is -0.475 e. The Morgan fingerprint density at radius 1 is 1.19 bits per heavy atom. The van der Waals surface area contributed by atoms with Gasteiger partial charge < -0.3 is 10.0 Å². The van der Waals surface area contributed by atoms with Crippen LogP contribution in [0.15, 0.2) is 24.3 Å². The summed E-state index contributed by atoms with van der Waals surface area (Å²) in [5.74, 6) is -0.107. The van der Waals surface area contributed by atoms with E-state index in [-0.39, 0.29) is 11.9 Å². The quantitative estimate of drug-likeness (QED) is 0.914. The second-order valence-electron chi connectivity index (χ2n) is 5.83. The summed E-state index contributed by atoms with van der Waals surface area (Å²) in [6.07, 6.45) is 0. The van der Waals surface area contributed by atoms with Gasteiger partial charge in [-0.2, -0.15) is 0 Å². The van der Waals surface area contributed by atoms with Gasteiger partial charge in [0.25, 0.3) is 0 Å². The van der Waals surface area contributed by atoms with Crippen molar-refractivity contribution < 1.29 is 9.90 Å². The minimum atomic E-state index is -1.10. The lowest BCUT2D eigenvalue weighted by molar-refractivity contribution is 0.0684. The first-order valence-corrected chi connectivity index (χ1v) is 7.17. The predicted molar refractivity (Wildman–Crippen MR) is 83.8 cm³/mol. The average molecular weight is 287 g/mol. The first-order valence-electron chi connectivity index (χ1n) is 7.17. The van der Waals surface area contributed by atoms with Gasteiger partial charge in [-0.1, -0.05) is 26.0 Å². The van der Waals surface area contributed by atoms with Gasteiger partial charge in [-0.25, -0.2) is 14.8 Å². The van der Waals surface area contributed by atoms with Crippen LogP contribution in [-0.4, -0.2) is 33.6 Å². The number of carboxylic acid groups (broad SMARTS) is 1. The molecule has 2 rings (SSSR count). The molecule has 0 spiro atoms. The normalized spacial score (nSPS) is 11.3. The first kappa shape index (κ1) is 15.2. The summed E-state index contributed by atoms with van der Waals surface area (Å²) in [6, 6.07) is 7.76. The molecule has 112 valence electrons. The molecule has 1 aromatic heterocycles. The van der Waals surface area contributed by atoms with Crippen LogP contribution >= 0.6 is 0 Å². The van der Waals surface area contributed by atoms with E-state index < -0.39 is 5.97 Å². The standard InChI is InChI=1S/C16H21N3O2/c1-10(2)9-19(11(3)4)15-12-7-5-6-8-13(12)17-14(18-15)16(20)21/h5-8,10-11H,9H2,1-4H3,(H,20,21).